The van der Waals surface area contributed by atoms with Gasteiger partial charge in [-0.25, -0.2) is 5.43 Å². The van der Waals surface area contributed by atoms with Crippen molar-refractivity contribution in [3.8, 4) is 0 Å². The van der Waals surface area contributed by atoms with Crippen LogP contribution in [0.25, 0.3) is 0 Å². The molecule has 0 bridgehead atoms. The van der Waals surface area contributed by atoms with Crippen LogP contribution in [0.3, 0.4) is 0 Å². The van der Waals surface area contributed by atoms with E-state index in [4.69, 9.17) is 5.84 Å². The summed E-state index contributed by atoms with van der Waals surface area (Å²) in [6.07, 6.45) is 1.80. The summed E-state index contributed by atoms with van der Waals surface area (Å²) in [5.74, 6) is 5.42. The molecule has 1 aromatic rings. The first-order chi connectivity index (χ1) is 6.99. The Labute approximate surface area is 92.2 Å². The second kappa shape index (κ2) is 4.60. The van der Waals surface area contributed by atoms with Crippen LogP contribution in [0.2, 0.25) is 0 Å². The van der Waals surface area contributed by atoms with Crippen molar-refractivity contribution < 1.29 is 0 Å². The number of nitrogens with two attached hydrogens (primary N) is 1. The number of rotatable bonds is 3. The average molecular weight is 204 g/mol. The first-order valence-corrected chi connectivity index (χ1v) is 5.18. The monoisotopic (exact) mass is 204 g/mol. The van der Waals surface area contributed by atoms with Gasteiger partial charge in [-0.05, 0) is 16.5 Å². The van der Waals surface area contributed by atoms with Crippen molar-refractivity contribution in [2.75, 3.05) is 0 Å². The molecule has 2 nitrogen and oxygen atoms in total. The molecule has 1 unspecified atom stereocenters. The fourth-order valence-corrected chi connectivity index (χ4v) is 1.49. The molecule has 0 amide bonds. The second-order valence-corrected chi connectivity index (χ2v) is 4.75. The van der Waals surface area contributed by atoms with Crippen molar-refractivity contribution in [1.29, 1.82) is 0 Å². The highest BCUT2D eigenvalue weighted by molar-refractivity contribution is 5.30. The van der Waals surface area contributed by atoms with E-state index in [1.807, 2.05) is 0 Å². The predicted octanol–water partition coefficient (Wildman–Crippen LogP) is 2.67. The van der Waals surface area contributed by atoms with Gasteiger partial charge in [0.15, 0.2) is 0 Å². The molecule has 0 aromatic heterocycles. The van der Waals surface area contributed by atoms with E-state index >= 15 is 0 Å². The summed E-state index contributed by atoms with van der Waals surface area (Å²) in [4.78, 5) is 0. The lowest BCUT2D eigenvalue weighted by Gasteiger charge is -2.20. The molecule has 2 heteroatoms. The molecule has 0 saturated heterocycles. The highest BCUT2D eigenvalue weighted by atomic mass is 15.2. The molecule has 0 fully saturated rings. The standard InChI is InChI=1S/C13H20N2/c1-5-12(15-14)10-6-8-11(9-7-10)13(2,3)4/h5-9,12,15H,1,14H2,2-4H3. The zero-order valence-electron chi connectivity index (χ0n) is 9.75. The molecular weight excluding hydrogens is 184 g/mol. The van der Waals surface area contributed by atoms with Gasteiger partial charge >= 0.3 is 0 Å². The van der Waals surface area contributed by atoms with Crippen molar-refractivity contribution in [2.45, 2.75) is 32.2 Å². The lowest BCUT2D eigenvalue weighted by atomic mass is 9.86. The van der Waals surface area contributed by atoms with Crippen LogP contribution in [0.15, 0.2) is 36.9 Å². The average Bonchev–Trinajstić information content (AvgIpc) is 2.19. The number of hydrogen-bond donors (Lipinski definition) is 2. The molecule has 82 valence electrons. The highest BCUT2D eigenvalue weighted by Crippen LogP contribution is 2.23. The van der Waals surface area contributed by atoms with E-state index in [2.05, 4.69) is 57.0 Å². The SMILES string of the molecule is C=CC(NN)c1ccc(C(C)(C)C)cc1. The Balaban J connectivity index is 2.94. The van der Waals surface area contributed by atoms with E-state index in [1.54, 1.807) is 6.08 Å². The molecule has 1 aromatic carbocycles. The number of benzene rings is 1. The van der Waals surface area contributed by atoms with Gasteiger partial charge in [-0.2, -0.15) is 0 Å². The van der Waals surface area contributed by atoms with Crippen molar-refractivity contribution in [3.63, 3.8) is 0 Å². The van der Waals surface area contributed by atoms with Crippen LogP contribution in [0.1, 0.15) is 37.9 Å². The number of hydrazine groups is 1. The molecule has 0 spiro atoms. The van der Waals surface area contributed by atoms with E-state index in [0.29, 0.717) is 0 Å². The van der Waals surface area contributed by atoms with Gasteiger partial charge in [-0.3, -0.25) is 5.84 Å². The van der Waals surface area contributed by atoms with Gasteiger partial charge < -0.3 is 0 Å². The van der Waals surface area contributed by atoms with Crippen LogP contribution in [0.4, 0.5) is 0 Å². The van der Waals surface area contributed by atoms with Gasteiger partial charge in [-0.1, -0.05) is 51.1 Å². The minimum Gasteiger partial charge on any atom is -0.271 e. The zero-order valence-corrected chi connectivity index (χ0v) is 9.75. The molecule has 0 radical (unpaired) electrons. The van der Waals surface area contributed by atoms with Crippen molar-refractivity contribution >= 4 is 0 Å². The van der Waals surface area contributed by atoms with E-state index in [0.717, 1.165) is 5.56 Å². The largest absolute Gasteiger partial charge is 0.271 e. The summed E-state index contributed by atoms with van der Waals surface area (Å²) in [7, 11) is 0. The first kappa shape index (κ1) is 12.0. The highest BCUT2D eigenvalue weighted by Gasteiger charge is 2.13. The Bertz CT molecular complexity index is 319. The van der Waals surface area contributed by atoms with Crippen LogP contribution in [-0.2, 0) is 5.41 Å². The lowest BCUT2D eigenvalue weighted by molar-refractivity contribution is 0.588. The summed E-state index contributed by atoms with van der Waals surface area (Å²) in [5, 5.41) is 0. The van der Waals surface area contributed by atoms with Crippen LogP contribution in [0, 0.1) is 0 Å². The molecule has 3 N–H and O–H groups in total. The number of nitrogens with one attached hydrogen (secondary N) is 1. The normalized spacial score (nSPS) is 13.6. The Morgan fingerprint density at radius 2 is 1.80 bits per heavy atom. The van der Waals surface area contributed by atoms with Crippen LogP contribution < -0.4 is 11.3 Å². The zero-order chi connectivity index (χ0) is 11.5. The van der Waals surface area contributed by atoms with Gasteiger partial charge in [0.2, 0.25) is 0 Å². The maximum atomic E-state index is 5.42. The van der Waals surface area contributed by atoms with E-state index in [1.165, 1.54) is 5.56 Å². The Kier molecular flexibility index (Phi) is 3.66. The van der Waals surface area contributed by atoms with E-state index in [-0.39, 0.29) is 11.5 Å². The number of hydrogen-bond acceptors (Lipinski definition) is 2. The molecule has 1 rings (SSSR count). The van der Waals surface area contributed by atoms with Crippen molar-refractivity contribution in [3.05, 3.63) is 48.0 Å². The lowest BCUT2D eigenvalue weighted by Crippen LogP contribution is -2.26. The van der Waals surface area contributed by atoms with Gasteiger partial charge in [0.1, 0.15) is 0 Å². The molecular formula is C13H20N2. The smallest absolute Gasteiger partial charge is 0.0638 e. The maximum Gasteiger partial charge on any atom is 0.0638 e. The molecule has 1 atom stereocenters. The summed E-state index contributed by atoms with van der Waals surface area (Å²) in [5.41, 5.74) is 5.37. The fourth-order valence-electron chi connectivity index (χ4n) is 1.49. The fraction of sp³-hybridized carbons (Fsp3) is 0.385. The quantitative estimate of drug-likeness (QED) is 0.451. The van der Waals surface area contributed by atoms with Crippen LogP contribution in [-0.4, -0.2) is 0 Å². The van der Waals surface area contributed by atoms with Crippen molar-refractivity contribution in [1.82, 2.24) is 5.43 Å². The Morgan fingerprint density at radius 3 is 2.13 bits per heavy atom. The minimum atomic E-state index is 0.0269. The predicted molar refractivity (Wildman–Crippen MR) is 65.4 cm³/mol. The topological polar surface area (TPSA) is 38.0 Å². The molecule has 0 heterocycles. The van der Waals surface area contributed by atoms with E-state index in [9.17, 15) is 0 Å². The minimum absolute atomic E-state index is 0.0269. The summed E-state index contributed by atoms with van der Waals surface area (Å²) >= 11 is 0. The van der Waals surface area contributed by atoms with Gasteiger partial charge in [-0.15, -0.1) is 6.58 Å². The molecule has 15 heavy (non-hydrogen) atoms. The summed E-state index contributed by atoms with van der Waals surface area (Å²) < 4.78 is 0. The molecule has 0 aliphatic heterocycles. The molecule has 0 saturated carbocycles. The van der Waals surface area contributed by atoms with Gasteiger partial charge in [0.25, 0.3) is 0 Å². The third kappa shape index (κ3) is 2.91. The van der Waals surface area contributed by atoms with Crippen LogP contribution in [0.5, 0.6) is 0 Å². The third-order valence-electron chi connectivity index (χ3n) is 2.55. The second-order valence-electron chi connectivity index (χ2n) is 4.75. The summed E-state index contributed by atoms with van der Waals surface area (Å²) in [6.45, 7) is 10.3. The molecule has 0 aliphatic carbocycles. The Morgan fingerprint density at radius 1 is 1.27 bits per heavy atom. The first-order valence-electron chi connectivity index (χ1n) is 5.18. The van der Waals surface area contributed by atoms with Crippen molar-refractivity contribution in [2.24, 2.45) is 5.84 Å². The van der Waals surface area contributed by atoms with E-state index < -0.39 is 0 Å². The molecule has 0 aliphatic rings. The third-order valence-corrected chi connectivity index (χ3v) is 2.55. The van der Waals surface area contributed by atoms with Crippen LogP contribution >= 0.6 is 0 Å². The maximum absolute atomic E-state index is 5.42. The Hall–Kier alpha value is -1.12. The van der Waals surface area contributed by atoms with Gasteiger partial charge in [0, 0.05) is 0 Å². The van der Waals surface area contributed by atoms with Gasteiger partial charge in [0.05, 0.1) is 6.04 Å². The summed E-state index contributed by atoms with van der Waals surface area (Å²) in [6, 6.07) is 8.49.